The number of amides is 1. The number of imidazole rings is 1. The molecule has 2 atom stereocenters. The normalized spacial score (nSPS) is 26.3. The number of hydrogen-bond acceptors (Lipinski definition) is 6. The summed E-state index contributed by atoms with van der Waals surface area (Å²) in [5.74, 6) is 0.315. The van der Waals surface area contributed by atoms with E-state index in [9.17, 15) is 4.79 Å². The Balaban J connectivity index is 1.28. The minimum atomic E-state index is -0.252. The lowest BCUT2D eigenvalue weighted by molar-refractivity contribution is -0.00627. The first-order valence-electron chi connectivity index (χ1n) is 11.9. The maximum atomic E-state index is 13.5. The quantitative estimate of drug-likeness (QED) is 0.489. The van der Waals surface area contributed by atoms with Gasteiger partial charge in [0.2, 0.25) is 0 Å². The van der Waals surface area contributed by atoms with Crippen molar-refractivity contribution in [1.82, 2.24) is 24.0 Å². The van der Waals surface area contributed by atoms with Crippen LogP contribution >= 0.6 is 0 Å². The summed E-state index contributed by atoms with van der Waals surface area (Å²) in [7, 11) is 0. The lowest BCUT2D eigenvalue weighted by Gasteiger charge is -2.27. The van der Waals surface area contributed by atoms with Gasteiger partial charge in [0, 0.05) is 30.1 Å². The monoisotopic (exact) mass is 458 g/mol. The molecule has 0 radical (unpaired) electrons. The number of anilines is 1. The summed E-state index contributed by atoms with van der Waals surface area (Å²) in [6.45, 7) is 2.90. The van der Waals surface area contributed by atoms with Crippen molar-refractivity contribution in [2.45, 2.75) is 62.6 Å². The van der Waals surface area contributed by atoms with Crippen molar-refractivity contribution in [3.05, 3.63) is 54.4 Å². The summed E-state index contributed by atoms with van der Waals surface area (Å²) >= 11 is 0. The average molecular weight is 459 g/mol. The third-order valence-corrected chi connectivity index (χ3v) is 7.80. The third kappa shape index (κ3) is 3.03. The van der Waals surface area contributed by atoms with Crippen molar-refractivity contribution in [1.29, 1.82) is 0 Å². The fourth-order valence-corrected chi connectivity index (χ4v) is 5.59. The van der Waals surface area contributed by atoms with Crippen LogP contribution in [0.25, 0.3) is 11.3 Å². The van der Waals surface area contributed by atoms with Crippen molar-refractivity contribution in [2.75, 3.05) is 11.9 Å². The number of ether oxygens (including phenoxy) is 2. The second kappa shape index (κ2) is 7.02. The number of aromatic nitrogens is 5. The van der Waals surface area contributed by atoms with Crippen molar-refractivity contribution in [3.8, 4) is 5.75 Å². The van der Waals surface area contributed by atoms with Crippen LogP contribution < -0.4 is 10.1 Å². The molecule has 3 fully saturated rings. The third-order valence-electron chi connectivity index (χ3n) is 7.80. The van der Waals surface area contributed by atoms with Gasteiger partial charge in [-0.25, -0.2) is 4.98 Å². The first-order valence-corrected chi connectivity index (χ1v) is 11.9. The van der Waals surface area contributed by atoms with Crippen LogP contribution in [0.2, 0.25) is 0 Å². The van der Waals surface area contributed by atoms with Crippen LogP contribution in [-0.2, 0) is 10.2 Å². The van der Waals surface area contributed by atoms with Gasteiger partial charge in [0.15, 0.2) is 5.65 Å². The van der Waals surface area contributed by atoms with Crippen LogP contribution in [0.1, 0.15) is 61.5 Å². The Morgan fingerprint density at radius 2 is 2.18 bits per heavy atom. The Bertz CT molecular complexity index is 1430. The molecule has 2 bridgehead atoms. The predicted octanol–water partition coefficient (Wildman–Crippen LogP) is 3.77. The van der Waals surface area contributed by atoms with E-state index in [2.05, 4.69) is 28.6 Å². The molecule has 9 heteroatoms. The number of carbonyl (C=O) groups excluding carboxylic acids is 1. The Morgan fingerprint density at radius 1 is 1.26 bits per heavy atom. The summed E-state index contributed by atoms with van der Waals surface area (Å²) in [5.41, 5.74) is 3.40. The molecule has 4 aromatic rings. The molecule has 1 aliphatic heterocycles. The maximum absolute atomic E-state index is 13.5. The van der Waals surface area contributed by atoms with E-state index in [1.165, 1.54) is 0 Å². The Morgan fingerprint density at radius 3 is 2.91 bits per heavy atom. The minimum absolute atomic E-state index is 0.0396. The fraction of sp³-hybridized carbons (Fsp3) is 0.440. The van der Waals surface area contributed by atoms with E-state index < -0.39 is 0 Å². The number of carbonyl (C=O) groups is 1. The number of fused-ring (bicyclic) bond motifs is 4. The average Bonchev–Trinajstić information content (AvgIpc) is 3.57. The Kier molecular flexibility index (Phi) is 4.12. The highest BCUT2D eigenvalue weighted by Gasteiger charge is 2.55. The topological polar surface area (TPSA) is 95.1 Å². The van der Waals surface area contributed by atoms with E-state index in [1.807, 2.05) is 35.0 Å². The predicted molar refractivity (Wildman–Crippen MR) is 124 cm³/mol. The van der Waals surface area contributed by atoms with Gasteiger partial charge in [0.25, 0.3) is 5.91 Å². The Hall–Kier alpha value is -3.46. The van der Waals surface area contributed by atoms with Crippen LogP contribution in [0.3, 0.4) is 0 Å². The van der Waals surface area contributed by atoms with Crippen LogP contribution in [0.5, 0.6) is 5.75 Å². The van der Waals surface area contributed by atoms with E-state index in [-0.39, 0.29) is 23.0 Å². The molecule has 0 aromatic carbocycles. The number of pyridine rings is 2. The van der Waals surface area contributed by atoms with E-state index >= 15 is 0 Å². The molecule has 1 saturated heterocycles. The molecule has 1 amide bonds. The van der Waals surface area contributed by atoms with Gasteiger partial charge >= 0.3 is 0 Å². The number of hydrogen-bond donors (Lipinski definition) is 1. The molecule has 34 heavy (non-hydrogen) atoms. The molecule has 2 aliphatic carbocycles. The van der Waals surface area contributed by atoms with Crippen molar-refractivity contribution >= 4 is 22.9 Å². The standard InChI is InChI=1S/C25H26N6O3/c1-24-7-8-25(13-24,14-33-24)20-12-31-11-17(19(10-21(31)28-20)34-16-4-2-5-16)23(32)27-18-6-3-9-30-15-26-29-22(18)30/h3,6,9-12,15-16H,2,4-5,7-8,13-14H2,1H3,(H,27,32). The van der Waals surface area contributed by atoms with Gasteiger partial charge in [-0.05, 0) is 57.6 Å². The van der Waals surface area contributed by atoms with Crippen molar-refractivity contribution < 1.29 is 14.3 Å². The second-order valence-electron chi connectivity index (χ2n) is 10.2. The van der Waals surface area contributed by atoms with Crippen LogP contribution in [0.15, 0.2) is 43.1 Å². The zero-order chi connectivity index (χ0) is 22.9. The van der Waals surface area contributed by atoms with Crippen LogP contribution in [0.4, 0.5) is 5.69 Å². The van der Waals surface area contributed by atoms with Gasteiger partial charge in [0.05, 0.1) is 35.3 Å². The van der Waals surface area contributed by atoms with Crippen molar-refractivity contribution in [3.63, 3.8) is 0 Å². The molecular formula is C25H26N6O3. The fourth-order valence-electron chi connectivity index (χ4n) is 5.59. The number of nitrogens with one attached hydrogen (secondary N) is 1. The van der Waals surface area contributed by atoms with Gasteiger partial charge < -0.3 is 19.2 Å². The lowest BCUT2D eigenvalue weighted by atomic mass is 9.84. The van der Waals surface area contributed by atoms with Crippen LogP contribution in [0, 0.1) is 0 Å². The molecule has 174 valence electrons. The van der Waals surface area contributed by atoms with Gasteiger partial charge in [-0.1, -0.05) is 0 Å². The molecule has 1 N–H and O–H groups in total. The highest BCUT2D eigenvalue weighted by atomic mass is 16.5. The highest BCUT2D eigenvalue weighted by Crippen LogP contribution is 2.53. The van der Waals surface area contributed by atoms with E-state index in [0.29, 0.717) is 29.3 Å². The van der Waals surface area contributed by atoms with Crippen LogP contribution in [-0.4, -0.2) is 48.2 Å². The van der Waals surface area contributed by atoms with Gasteiger partial charge in [0.1, 0.15) is 17.7 Å². The summed E-state index contributed by atoms with van der Waals surface area (Å²) in [6.07, 6.45) is 13.8. The molecule has 5 heterocycles. The zero-order valence-electron chi connectivity index (χ0n) is 19.0. The summed E-state index contributed by atoms with van der Waals surface area (Å²) in [5, 5.41) is 11.1. The maximum Gasteiger partial charge on any atom is 0.261 e. The molecule has 2 unspecified atom stereocenters. The molecule has 3 aliphatic rings. The first-order chi connectivity index (χ1) is 16.5. The molecule has 9 nitrogen and oxygen atoms in total. The Labute approximate surface area is 196 Å². The van der Waals surface area contributed by atoms with Gasteiger partial charge in [-0.15, -0.1) is 10.2 Å². The highest BCUT2D eigenvalue weighted by molar-refractivity contribution is 6.07. The molecule has 7 rings (SSSR count). The smallest absolute Gasteiger partial charge is 0.261 e. The summed E-state index contributed by atoms with van der Waals surface area (Å²) in [4.78, 5) is 18.4. The van der Waals surface area contributed by atoms with Gasteiger partial charge in [-0.2, -0.15) is 0 Å². The molecule has 0 spiro atoms. The zero-order valence-corrected chi connectivity index (χ0v) is 19.0. The second-order valence-corrected chi connectivity index (χ2v) is 10.2. The SMILES string of the molecule is CC12CCC(c3cn4cc(C(=O)Nc5cccn6cnnc56)c(OC5CCC5)cc4n3)(CO1)C2. The summed E-state index contributed by atoms with van der Waals surface area (Å²) < 4.78 is 16.1. The molecular weight excluding hydrogens is 432 g/mol. The van der Waals surface area contributed by atoms with E-state index in [1.54, 1.807) is 10.7 Å². The first kappa shape index (κ1) is 20.0. The van der Waals surface area contributed by atoms with E-state index in [4.69, 9.17) is 14.5 Å². The summed E-state index contributed by atoms with van der Waals surface area (Å²) in [6, 6.07) is 5.56. The van der Waals surface area contributed by atoms with E-state index in [0.717, 1.165) is 49.9 Å². The minimum Gasteiger partial charge on any atom is -0.489 e. The number of nitrogens with zero attached hydrogens (tertiary/aromatic N) is 5. The lowest BCUT2D eigenvalue weighted by Crippen LogP contribution is -2.26. The largest absolute Gasteiger partial charge is 0.489 e. The number of rotatable bonds is 5. The molecule has 2 saturated carbocycles. The molecule has 4 aromatic heterocycles. The van der Waals surface area contributed by atoms with Gasteiger partial charge in [-0.3, -0.25) is 9.20 Å². The van der Waals surface area contributed by atoms with Crippen molar-refractivity contribution in [2.24, 2.45) is 0 Å².